The Morgan fingerprint density at radius 1 is 1.39 bits per heavy atom. The van der Waals surface area contributed by atoms with Crippen LogP contribution >= 0.6 is 22.6 Å². The maximum atomic E-state index is 4.52. The maximum Gasteiger partial charge on any atom is 0.164 e. The third-order valence-electron chi connectivity index (χ3n) is 2.48. The van der Waals surface area contributed by atoms with E-state index in [1.807, 2.05) is 17.1 Å². The lowest BCUT2D eigenvalue weighted by molar-refractivity contribution is 0.532. The van der Waals surface area contributed by atoms with Crippen molar-refractivity contribution in [3.05, 3.63) is 22.2 Å². The van der Waals surface area contributed by atoms with Gasteiger partial charge in [-0.05, 0) is 43.4 Å². The maximum absolute atomic E-state index is 4.52. The number of rotatable bonds is 4. The summed E-state index contributed by atoms with van der Waals surface area (Å²) in [6, 6.07) is 0.343. The molecular formula is C12H16IN5. The number of aromatic nitrogens is 4. The quantitative estimate of drug-likeness (QED) is 0.855. The minimum atomic E-state index is 0.343. The van der Waals surface area contributed by atoms with Crippen LogP contribution in [0.3, 0.4) is 0 Å². The van der Waals surface area contributed by atoms with E-state index >= 15 is 0 Å². The molecule has 0 unspecified atom stereocenters. The van der Waals surface area contributed by atoms with Crippen LogP contribution in [0.15, 0.2) is 18.6 Å². The van der Waals surface area contributed by atoms with E-state index < -0.39 is 0 Å². The summed E-state index contributed by atoms with van der Waals surface area (Å²) in [4.78, 5) is 8.87. The second-order valence-electron chi connectivity index (χ2n) is 4.22. The van der Waals surface area contributed by atoms with Gasteiger partial charge < -0.3 is 5.32 Å². The summed E-state index contributed by atoms with van der Waals surface area (Å²) in [5.74, 6) is 1.58. The molecule has 0 aliphatic heterocycles. The second kappa shape index (κ2) is 5.64. The second-order valence-corrected chi connectivity index (χ2v) is 5.39. The molecule has 0 amide bonds. The number of nitrogens with zero attached hydrogens (tertiary/aromatic N) is 4. The van der Waals surface area contributed by atoms with Gasteiger partial charge in [0.2, 0.25) is 0 Å². The van der Waals surface area contributed by atoms with Crippen LogP contribution in [0.4, 0.5) is 5.82 Å². The molecule has 0 aromatic carbocycles. The van der Waals surface area contributed by atoms with Crippen molar-refractivity contribution in [3.8, 4) is 11.4 Å². The Bertz CT molecular complexity index is 535. The molecule has 6 heteroatoms. The molecule has 0 bridgehead atoms. The molecule has 0 saturated carbocycles. The lowest BCUT2D eigenvalue weighted by Crippen LogP contribution is -2.03. The molecule has 2 aromatic heterocycles. The largest absolute Gasteiger partial charge is 0.369 e. The molecular weight excluding hydrogens is 341 g/mol. The van der Waals surface area contributed by atoms with Crippen LogP contribution in [-0.4, -0.2) is 26.3 Å². The van der Waals surface area contributed by atoms with E-state index in [0.717, 1.165) is 21.5 Å². The zero-order valence-electron chi connectivity index (χ0n) is 10.7. The Kier molecular flexibility index (Phi) is 4.15. The monoisotopic (exact) mass is 357 g/mol. The third-order valence-corrected chi connectivity index (χ3v) is 3.27. The summed E-state index contributed by atoms with van der Waals surface area (Å²) in [7, 11) is 0. The molecule has 0 spiro atoms. The molecule has 96 valence electrons. The van der Waals surface area contributed by atoms with Crippen molar-refractivity contribution >= 4 is 28.4 Å². The van der Waals surface area contributed by atoms with Gasteiger partial charge in [0.1, 0.15) is 5.82 Å². The van der Waals surface area contributed by atoms with Gasteiger partial charge in [0.15, 0.2) is 5.82 Å². The number of nitrogens with one attached hydrogen (secondary N) is 1. The predicted octanol–water partition coefficient (Wildman–Crippen LogP) is 2.96. The van der Waals surface area contributed by atoms with Crippen molar-refractivity contribution in [2.24, 2.45) is 0 Å². The van der Waals surface area contributed by atoms with Gasteiger partial charge in [-0.2, -0.15) is 5.10 Å². The lowest BCUT2D eigenvalue weighted by Gasteiger charge is -2.06. The van der Waals surface area contributed by atoms with Crippen molar-refractivity contribution in [1.82, 2.24) is 19.7 Å². The molecule has 1 N–H and O–H groups in total. The lowest BCUT2D eigenvalue weighted by atomic mass is 10.3. The zero-order valence-corrected chi connectivity index (χ0v) is 12.8. The molecule has 0 saturated heterocycles. The summed E-state index contributed by atoms with van der Waals surface area (Å²) < 4.78 is 2.93. The highest BCUT2D eigenvalue weighted by Crippen LogP contribution is 2.20. The normalized spacial score (nSPS) is 10.9. The Labute approximate surface area is 120 Å². The van der Waals surface area contributed by atoms with Crippen LogP contribution in [0.2, 0.25) is 0 Å². The smallest absolute Gasteiger partial charge is 0.164 e. The Morgan fingerprint density at radius 3 is 2.78 bits per heavy atom. The fourth-order valence-electron chi connectivity index (χ4n) is 1.53. The summed E-state index contributed by atoms with van der Waals surface area (Å²) >= 11 is 2.23. The van der Waals surface area contributed by atoms with E-state index in [1.54, 1.807) is 6.20 Å². The zero-order chi connectivity index (χ0) is 13.1. The summed E-state index contributed by atoms with van der Waals surface area (Å²) in [5.41, 5.74) is 0.944. The molecule has 2 rings (SSSR count). The topological polar surface area (TPSA) is 55.6 Å². The molecule has 0 radical (unpaired) electrons. The van der Waals surface area contributed by atoms with Gasteiger partial charge in [-0.25, -0.2) is 9.97 Å². The van der Waals surface area contributed by atoms with Crippen LogP contribution in [0.25, 0.3) is 11.4 Å². The first-order valence-electron chi connectivity index (χ1n) is 5.92. The van der Waals surface area contributed by atoms with Gasteiger partial charge in [-0.1, -0.05) is 0 Å². The van der Waals surface area contributed by atoms with Crippen molar-refractivity contribution < 1.29 is 0 Å². The molecule has 2 heterocycles. The standard InChI is InChI=1S/C12H16IN5/c1-4-14-12-10(13)6-15-11(17-12)9-5-16-18(7-9)8(2)3/h5-8H,4H2,1-3H3,(H,14,15,17). The Morgan fingerprint density at radius 2 is 2.17 bits per heavy atom. The van der Waals surface area contributed by atoms with E-state index in [2.05, 4.69) is 63.7 Å². The Hall–Kier alpha value is -1.18. The van der Waals surface area contributed by atoms with Gasteiger partial charge in [-0.3, -0.25) is 4.68 Å². The molecule has 0 fully saturated rings. The van der Waals surface area contributed by atoms with Gasteiger partial charge in [0, 0.05) is 25.0 Å². The van der Waals surface area contributed by atoms with Crippen LogP contribution in [0.5, 0.6) is 0 Å². The summed E-state index contributed by atoms with van der Waals surface area (Å²) in [6.45, 7) is 7.08. The summed E-state index contributed by atoms with van der Waals surface area (Å²) in [5, 5.41) is 7.53. The fourth-order valence-corrected chi connectivity index (χ4v) is 1.98. The van der Waals surface area contributed by atoms with Crippen LogP contribution in [0.1, 0.15) is 26.8 Å². The number of anilines is 1. The average Bonchev–Trinajstić information content (AvgIpc) is 2.82. The molecule has 5 nitrogen and oxygen atoms in total. The Balaban J connectivity index is 2.34. The van der Waals surface area contributed by atoms with Gasteiger partial charge in [0.05, 0.1) is 15.3 Å². The highest BCUT2D eigenvalue weighted by Gasteiger charge is 2.09. The number of hydrogen-bond acceptors (Lipinski definition) is 4. The van der Waals surface area contributed by atoms with Gasteiger partial charge >= 0.3 is 0 Å². The highest BCUT2D eigenvalue weighted by molar-refractivity contribution is 14.1. The van der Waals surface area contributed by atoms with E-state index in [1.165, 1.54) is 0 Å². The van der Waals surface area contributed by atoms with Gasteiger partial charge in [0.25, 0.3) is 0 Å². The van der Waals surface area contributed by atoms with Crippen LogP contribution in [0, 0.1) is 3.57 Å². The minimum Gasteiger partial charge on any atom is -0.369 e. The first-order chi connectivity index (χ1) is 8.61. The SMILES string of the molecule is CCNc1nc(-c2cnn(C(C)C)c2)ncc1I. The average molecular weight is 357 g/mol. The highest BCUT2D eigenvalue weighted by atomic mass is 127. The van der Waals surface area contributed by atoms with E-state index in [-0.39, 0.29) is 0 Å². The summed E-state index contributed by atoms with van der Waals surface area (Å²) in [6.07, 6.45) is 5.61. The number of halogens is 1. The first kappa shape index (κ1) is 13.3. The van der Waals surface area contributed by atoms with Crippen molar-refractivity contribution in [2.75, 3.05) is 11.9 Å². The minimum absolute atomic E-state index is 0.343. The van der Waals surface area contributed by atoms with E-state index in [9.17, 15) is 0 Å². The van der Waals surface area contributed by atoms with Gasteiger partial charge in [-0.15, -0.1) is 0 Å². The van der Waals surface area contributed by atoms with Crippen molar-refractivity contribution in [1.29, 1.82) is 0 Å². The molecule has 2 aromatic rings. The molecule has 0 aliphatic carbocycles. The fraction of sp³-hybridized carbons (Fsp3) is 0.417. The first-order valence-corrected chi connectivity index (χ1v) is 7.00. The van der Waals surface area contributed by atoms with Crippen LogP contribution < -0.4 is 5.32 Å². The molecule has 18 heavy (non-hydrogen) atoms. The van der Waals surface area contributed by atoms with E-state index in [4.69, 9.17) is 0 Å². The molecule has 0 aliphatic rings. The number of hydrogen-bond donors (Lipinski definition) is 1. The van der Waals surface area contributed by atoms with E-state index in [0.29, 0.717) is 11.9 Å². The van der Waals surface area contributed by atoms with Crippen LogP contribution in [-0.2, 0) is 0 Å². The molecule has 0 atom stereocenters. The van der Waals surface area contributed by atoms with Crippen molar-refractivity contribution in [2.45, 2.75) is 26.8 Å². The third kappa shape index (κ3) is 2.80. The van der Waals surface area contributed by atoms with Crippen molar-refractivity contribution in [3.63, 3.8) is 0 Å². The predicted molar refractivity (Wildman–Crippen MR) is 80.5 cm³/mol.